The van der Waals surface area contributed by atoms with Crippen molar-refractivity contribution in [2.24, 2.45) is 0 Å². The van der Waals surface area contributed by atoms with E-state index in [1.54, 1.807) is 29.2 Å². The topological polar surface area (TPSA) is 15.3 Å². The van der Waals surface area contributed by atoms with Crippen LogP contribution in [0.15, 0.2) is 42.5 Å². The number of hydrogen-bond acceptors (Lipinski definition) is 2. The van der Waals surface area contributed by atoms with E-state index in [-0.39, 0.29) is 11.4 Å². The van der Waals surface area contributed by atoms with Gasteiger partial charge in [0.15, 0.2) is 6.04 Å². The zero-order valence-corrected chi connectivity index (χ0v) is 12.6. The Hall–Kier alpha value is -1.95. The summed E-state index contributed by atoms with van der Waals surface area (Å²) in [6, 6.07) is 8.11. The average molecular weight is 345 g/mol. The van der Waals surface area contributed by atoms with E-state index in [1.807, 2.05) is 0 Å². The lowest BCUT2D eigenvalue weighted by molar-refractivity contribution is -0.143. The molecule has 0 aromatic heterocycles. The molecule has 0 fully saturated rings. The molecule has 0 spiro atoms. The molecule has 2 aromatic carbocycles. The van der Waals surface area contributed by atoms with Crippen LogP contribution in [-0.2, 0) is 0 Å². The van der Waals surface area contributed by atoms with Crippen LogP contribution < -0.4 is 10.2 Å². The van der Waals surface area contributed by atoms with E-state index in [1.165, 1.54) is 6.07 Å². The van der Waals surface area contributed by atoms with Crippen LogP contribution in [-0.4, -0.2) is 18.6 Å². The summed E-state index contributed by atoms with van der Waals surface area (Å²) < 4.78 is 54.1. The second-order valence-corrected chi connectivity index (χ2v) is 5.56. The highest BCUT2D eigenvalue weighted by atomic mass is 35.5. The van der Waals surface area contributed by atoms with E-state index in [2.05, 4.69) is 5.32 Å². The highest BCUT2D eigenvalue weighted by Gasteiger charge is 2.44. The number of anilines is 3. The Bertz CT molecular complexity index is 717. The van der Waals surface area contributed by atoms with Crippen molar-refractivity contribution in [3.63, 3.8) is 0 Å². The number of alkyl halides is 4. The Labute approximate surface area is 135 Å². The van der Waals surface area contributed by atoms with Gasteiger partial charge >= 0.3 is 6.18 Å². The molecular weight excluding hydrogens is 332 g/mol. The standard InChI is InChI=1S/C16H13ClF4N2/c17-7-8-23-13-6-5-10(18)9-11(13)15(16(19,20)21)22-12-3-1-2-4-14(12)23/h1-6,9,15,22H,7-8H2. The first-order valence-corrected chi connectivity index (χ1v) is 7.50. The lowest BCUT2D eigenvalue weighted by Crippen LogP contribution is -2.28. The minimum Gasteiger partial charge on any atom is -0.369 e. The van der Waals surface area contributed by atoms with Crippen LogP contribution in [0.2, 0.25) is 0 Å². The van der Waals surface area contributed by atoms with Crippen LogP contribution in [0.5, 0.6) is 0 Å². The maximum atomic E-state index is 13.6. The number of halogens is 5. The van der Waals surface area contributed by atoms with Gasteiger partial charge in [0.05, 0.1) is 11.4 Å². The Morgan fingerprint density at radius 3 is 2.52 bits per heavy atom. The van der Waals surface area contributed by atoms with Crippen molar-refractivity contribution in [3.05, 3.63) is 53.8 Å². The van der Waals surface area contributed by atoms with Gasteiger partial charge in [0, 0.05) is 23.7 Å². The van der Waals surface area contributed by atoms with Gasteiger partial charge in [0.25, 0.3) is 0 Å². The van der Waals surface area contributed by atoms with Gasteiger partial charge in [-0.1, -0.05) is 12.1 Å². The molecular formula is C16H13ClF4N2. The molecule has 1 aliphatic rings. The number of benzene rings is 2. The van der Waals surface area contributed by atoms with Gasteiger partial charge in [-0.05, 0) is 30.3 Å². The van der Waals surface area contributed by atoms with Crippen LogP contribution in [0, 0.1) is 5.82 Å². The summed E-state index contributed by atoms with van der Waals surface area (Å²) in [5, 5.41) is 2.49. The summed E-state index contributed by atoms with van der Waals surface area (Å²) in [5.74, 6) is -0.487. The summed E-state index contributed by atoms with van der Waals surface area (Å²) in [4.78, 5) is 1.68. The average Bonchev–Trinajstić information content (AvgIpc) is 2.63. The molecule has 7 heteroatoms. The Balaban J connectivity index is 2.26. The fourth-order valence-corrected chi connectivity index (χ4v) is 2.95. The van der Waals surface area contributed by atoms with Crippen LogP contribution in [0.4, 0.5) is 34.6 Å². The second-order valence-electron chi connectivity index (χ2n) is 5.18. The molecule has 122 valence electrons. The summed E-state index contributed by atoms with van der Waals surface area (Å²) >= 11 is 5.82. The maximum absolute atomic E-state index is 13.6. The molecule has 2 aromatic rings. The van der Waals surface area contributed by atoms with Crippen molar-refractivity contribution >= 4 is 28.7 Å². The van der Waals surface area contributed by atoms with Gasteiger partial charge in [0.1, 0.15) is 5.82 Å². The van der Waals surface area contributed by atoms with E-state index in [0.29, 0.717) is 23.6 Å². The lowest BCUT2D eigenvalue weighted by atomic mass is 10.0. The van der Waals surface area contributed by atoms with Gasteiger partial charge < -0.3 is 10.2 Å². The molecule has 0 amide bonds. The van der Waals surface area contributed by atoms with Crippen molar-refractivity contribution in [1.29, 1.82) is 0 Å². The first-order chi connectivity index (χ1) is 10.9. The smallest absolute Gasteiger partial charge is 0.369 e. The van der Waals surface area contributed by atoms with Crippen molar-refractivity contribution in [1.82, 2.24) is 0 Å². The fourth-order valence-electron chi connectivity index (χ4n) is 2.78. The highest BCUT2D eigenvalue weighted by molar-refractivity contribution is 6.18. The van der Waals surface area contributed by atoms with E-state index in [9.17, 15) is 17.6 Å². The number of nitrogens with one attached hydrogen (secondary N) is 1. The molecule has 0 saturated carbocycles. The fraction of sp³-hybridized carbons (Fsp3) is 0.250. The van der Waals surface area contributed by atoms with Gasteiger partial charge in [-0.15, -0.1) is 11.6 Å². The van der Waals surface area contributed by atoms with Crippen LogP contribution in [0.1, 0.15) is 11.6 Å². The quantitative estimate of drug-likeness (QED) is 0.592. The Morgan fingerprint density at radius 1 is 1.09 bits per heavy atom. The Kier molecular flexibility index (Phi) is 4.10. The number of rotatable bonds is 2. The largest absolute Gasteiger partial charge is 0.412 e. The number of nitrogens with zero attached hydrogens (tertiary/aromatic N) is 1. The van der Waals surface area contributed by atoms with E-state index >= 15 is 0 Å². The van der Waals surface area contributed by atoms with E-state index in [4.69, 9.17) is 11.6 Å². The number of hydrogen-bond donors (Lipinski definition) is 1. The normalized spacial score (nSPS) is 17.1. The molecule has 0 bridgehead atoms. The van der Waals surface area contributed by atoms with E-state index in [0.717, 1.165) is 12.1 Å². The summed E-state index contributed by atoms with van der Waals surface area (Å²) in [6.45, 7) is 0.309. The monoisotopic (exact) mass is 344 g/mol. The third-order valence-corrected chi connectivity index (χ3v) is 3.89. The lowest BCUT2D eigenvalue weighted by Gasteiger charge is -2.26. The number of fused-ring (bicyclic) bond motifs is 2. The molecule has 1 atom stereocenters. The van der Waals surface area contributed by atoms with Crippen molar-refractivity contribution in [2.75, 3.05) is 22.6 Å². The summed E-state index contributed by atoms with van der Waals surface area (Å²) in [5.41, 5.74) is 1.05. The molecule has 0 radical (unpaired) electrons. The van der Waals surface area contributed by atoms with Crippen molar-refractivity contribution < 1.29 is 17.6 Å². The molecule has 2 nitrogen and oxygen atoms in total. The highest BCUT2D eigenvalue weighted by Crippen LogP contribution is 2.47. The number of para-hydroxylation sites is 2. The van der Waals surface area contributed by atoms with Crippen LogP contribution in [0.25, 0.3) is 0 Å². The summed E-state index contributed by atoms with van der Waals surface area (Å²) in [6.07, 6.45) is -4.56. The van der Waals surface area contributed by atoms with Gasteiger partial charge in [-0.2, -0.15) is 13.2 Å². The van der Waals surface area contributed by atoms with Crippen molar-refractivity contribution in [3.8, 4) is 0 Å². The molecule has 1 aliphatic heterocycles. The Morgan fingerprint density at radius 2 is 1.83 bits per heavy atom. The SMILES string of the molecule is Fc1ccc2c(c1)C(C(F)(F)F)Nc1ccccc1N2CCCl. The van der Waals surface area contributed by atoms with Gasteiger partial charge in [-0.25, -0.2) is 4.39 Å². The van der Waals surface area contributed by atoms with Crippen LogP contribution >= 0.6 is 11.6 Å². The molecule has 0 saturated heterocycles. The van der Waals surface area contributed by atoms with E-state index < -0.39 is 18.0 Å². The predicted molar refractivity (Wildman–Crippen MR) is 83.0 cm³/mol. The first-order valence-electron chi connectivity index (χ1n) is 6.97. The molecule has 1 heterocycles. The molecule has 0 aliphatic carbocycles. The summed E-state index contributed by atoms with van der Waals surface area (Å²) in [7, 11) is 0. The molecule has 1 unspecified atom stereocenters. The maximum Gasteiger partial charge on any atom is 0.412 e. The molecule has 23 heavy (non-hydrogen) atoms. The zero-order valence-electron chi connectivity index (χ0n) is 11.9. The third-order valence-electron chi connectivity index (χ3n) is 3.72. The predicted octanol–water partition coefficient (Wildman–Crippen LogP) is 5.23. The first kappa shape index (κ1) is 15.9. The van der Waals surface area contributed by atoms with Gasteiger partial charge in [0.2, 0.25) is 0 Å². The minimum absolute atomic E-state index is 0.154. The van der Waals surface area contributed by atoms with Crippen molar-refractivity contribution in [2.45, 2.75) is 12.2 Å². The third kappa shape index (κ3) is 2.95. The zero-order chi connectivity index (χ0) is 16.6. The molecule has 3 rings (SSSR count). The molecule has 1 N–H and O–H groups in total. The second kappa shape index (κ2) is 5.92. The van der Waals surface area contributed by atoms with Crippen LogP contribution in [0.3, 0.4) is 0 Å². The van der Waals surface area contributed by atoms with Gasteiger partial charge in [-0.3, -0.25) is 0 Å². The minimum atomic E-state index is -4.56.